The van der Waals surface area contributed by atoms with Crippen molar-refractivity contribution in [3.05, 3.63) is 59.7 Å². The quantitative estimate of drug-likeness (QED) is 0.855. The summed E-state index contributed by atoms with van der Waals surface area (Å²) < 4.78 is 5.28. The van der Waals surface area contributed by atoms with Gasteiger partial charge in [0.1, 0.15) is 5.75 Å². The minimum absolute atomic E-state index is 0.0288. The van der Waals surface area contributed by atoms with Gasteiger partial charge >= 0.3 is 6.03 Å². The normalized spacial score (nSPS) is 15.7. The average Bonchev–Trinajstić information content (AvgIpc) is 2.95. The highest BCUT2D eigenvalue weighted by molar-refractivity contribution is 5.74. The Labute approximate surface area is 168 Å². The molecule has 1 aliphatic rings. The second-order valence-corrected chi connectivity index (χ2v) is 7.57. The first-order valence-corrected chi connectivity index (χ1v) is 10.0. The third-order valence-electron chi connectivity index (χ3n) is 5.23. The first-order chi connectivity index (χ1) is 13.5. The molecule has 1 fully saturated rings. The van der Waals surface area contributed by atoms with Gasteiger partial charge in [-0.3, -0.25) is 0 Å². The molecule has 0 spiro atoms. The third kappa shape index (κ3) is 5.41. The lowest BCUT2D eigenvalue weighted by atomic mass is 10.1. The number of aryl methyl sites for hydroxylation is 1. The molecule has 1 unspecified atom stereocenters. The fourth-order valence-corrected chi connectivity index (χ4v) is 3.64. The zero-order valence-electron chi connectivity index (χ0n) is 17.1. The molecule has 1 aliphatic heterocycles. The summed E-state index contributed by atoms with van der Waals surface area (Å²) in [6.07, 6.45) is 1.76. The lowest BCUT2D eigenvalue weighted by Gasteiger charge is -2.25. The first kappa shape index (κ1) is 20.1. The maximum absolute atomic E-state index is 12.7. The second kappa shape index (κ2) is 9.49. The third-order valence-corrected chi connectivity index (χ3v) is 5.23. The van der Waals surface area contributed by atoms with E-state index in [1.54, 1.807) is 7.11 Å². The van der Waals surface area contributed by atoms with Gasteiger partial charge in [-0.2, -0.15) is 0 Å². The predicted octanol–water partition coefficient (Wildman–Crippen LogP) is 3.86. The van der Waals surface area contributed by atoms with Crippen LogP contribution < -0.4 is 15.0 Å². The SMILES string of the molecule is COc1cccc(CC(C)NC(=O)N2CCCN(c3ccc(C)cc3)CC2)c1. The van der Waals surface area contributed by atoms with Crippen molar-refractivity contribution in [2.24, 2.45) is 0 Å². The number of amides is 2. The van der Waals surface area contributed by atoms with E-state index in [1.165, 1.54) is 11.3 Å². The van der Waals surface area contributed by atoms with Crippen LogP contribution in [0.25, 0.3) is 0 Å². The number of carbonyl (C=O) groups is 1. The number of rotatable bonds is 5. The van der Waals surface area contributed by atoms with E-state index in [9.17, 15) is 4.79 Å². The molecule has 28 heavy (non-hydrogen) atoms. The number of hydrogen-bond acceptors (Lipinski definition) is 3. The fourth-order valence-electron chi connectivity index (χ4n) is 3.64. The van der Waals surface area contributed by atoms with E-state index in [0.29, 0.717) is 0 Å². The van der Waals surface area contributed by atoms with Crippen LogP contribution in [0.15, 0.2) is 48.5 Å². The molecule has 2 aromatic rings. The number of nitrogens with one attached hydrogen (secondary N) is 1. The van der Waals surface area contributed by atoms with Crippen molar-refractivity contribution >= 4 is 11.7 Å². The van der Waals surface area contributed by atoms with Gasteiger partial charge in [0.25, 0.3) is 0 Å². The van der Waals surface area contributed by atoms with Crippen molar-refractivity contribution in [3.8, 4) is 5.75 Å². The smallest absolute Gasteiger partial charge is 0.317 e. The number of carbonyl (C=O) groups excluding carboxylic acids is 1. The van der Waals surface area contributed by atoms with Crippen molar-refractivity contribution in [2.75, 3.05) is 38.2 Å². The highest BCUT2D eigenvalue weighted by Gasteiger charge is 2.20. The Bertz CT molecular complexity index is 776. The van der Waals surface area contributed by atoms with E-state index in [0.717, 1.165) is 50.3 Å². The maximum Gasteiger partial charge on any atom is 0.317 e. The molecule has 1 N–H and O–H groups in total. The van der Waals surface area contributed by atoms with Crippen LogP contribution >= 0.6 is 0 Å². The minimum Gasteiger partial charge on any atom is -0.497 e. The molecular weight excluding hydrogens is 350 g/mol. The number of ether oxygens (including phenoxy) is 1. The van der Waals surface area contributed by atoms with E-state index in [4.69, 9.17) is 4.74 Å². The zero-order valence-corrected chi connectivity index (χ0v) is 17.1. The molecular formula is C23H31N3O2. The topological polar surface area (TPSA) is 44.8 Å². The molecule has 5 nitrogen and oxygen atoms in total. The molecule has 0 aliphatic carbocycles. The molecule has 0 saturated carbocycles. The van der Waals surface area contributed by atoms with E-state index in [-0.39, 0.29) is 12.1 Å². The number of nitrogens with zero attached hydrogens (tertiary/aromatic N) is 2. The van der Waals surface area contributed by atoms with Crippen LogP contribution in [0.2, 0.25) is 0 Å². The van der Waals surface area contributed by atoms with Gasteiger partial charge in [-0.25, -0.2) is 4.79 Å². The standard InChI is InChI=1S/C23H31N3O2/c1-18-8-10-21(11-9-18)25-12-5-13-26(15-14-25)23(27)24-19(2)16-20-6-4-7-22(17-20)28-3/h4,6-11,17,19H,5,12-16H2,1-3H3,(H,24,27). The number of benzene rings is 2. The number of hydrogen-bond donors (Lipinski definition) is 1. The van der Waals surface area contributed by atoms with Crippen LogP contribution in [-0.2, 0) is 6.42 Å². The summed E-state index contributed by atoms with van der Waals surface area (Å²) in [7, 11) is 1.67. The molecule has 0 aromatic heterocycles. The molecule has 2 amide bonds. The maximum atomic E-state index is 12.7. The first-order valence-electron chi connectivity index (χ1n) is 10.0. The summed E-state index contributed by atoms with van der Waals surface area (Å²) in [5, 5.41) is 3.15. The molecule has 2 aromatic carbocycles. The summed E-state index contributed by atoms with van der Waals surface area (Å²) in [5.74, 6) is 0.847. The van der Waals surface area contributed by atoms with Crippen molar-refractivity contribution in [1.82, 2.24) is 10.2 Å². The lowest BCUT2D eigenvalue weighted by molar-refractivity contribution is 0.198. The number of urea groups is 1. The van der Waals surface area contributed by atoms with Crippen LogP contribution in [-0.4, -0.2) is 50.3 Å². The van der Waals surface area contributed by atoms with Gasteiger partial charge in [0.15, 0.2) is 0 Å². The monoisotopic (exact) mass is 381 g/mol. The van der Waals surface area contributed by atoms with Crippen molar-refractivity contribution in [1.29, 1.82) is 0 Å². The van der Waals surface area contributed by atoms with Crippen LogP contribution in [0.3, 0.4) is 0 Å². The zero-order chi connectivity index (χ0) is 19.9. The van der Waals surface area contributed by atoms with Crippen molar-refractivity contribution in [2.45, 2.75) is 32.7 Å². The number of methoxy groups -OCH3 is 1. The largest absolute Gasteiger partial charge is 0.497 e. The molecule has 3 rings (SSSR count). The summed E-state index contributed by atoms with van der Waals surface area (Å²) in [5.41, 5.74) is 3.66. The minimum atomic E-state index is 0.0288. The van der Waals surface area contributed by atoms with Gasteiger partial charge in [0.2, 0.25) is 0 Å². The van der Waals surface area contributed by atoms with E-state index >= 15 is 0 Å². The van der Waals surface area contributed by atoms with Crippen molar-refractivity contribution < 1.29 is 9.53 Å². The number of anilines is 1. The Morgan fingerprint density at radius 2 is 1.89 bits per heavy atom. The predicted molar refractivity (Wildman–Crippen MR) is 114 cm³/mol. The van der Waals surface area contributed by atoms with E-state index in [1.807, 2.05) is 30.0 Å². The molecule has 1 saturated heterocycles. The Hall–Kier alpha value is -2.69. The Morgan fingerprint density at radius 3 is 2.64 bits per heavy atom. The Morgan fingerprint density at radius 1 is 1.11 bits per heavy atom. The highest BCUT2D eigenvalue weighted by Crippen LogP contribution is 2.18. The highest BCUT2D eigenvalue weighted by atomic mass is 16.5. The summed E-state index contributed by atoms with van der Waals surface area (Å²) in [6, 6.07) is 16.7. The van der Waals surface area contributed by atoms with Gasteiger partial charge in [-0.05, 0) is 56.5 Å². The molecule has 150 valence electrons. The van der Waals surface area contributed by atoms with Crippen LogP contribution in [0.4, 0.5) is 10.5 Å². The Kier molecular flexibility index (Phi) is 6.80. The molecule has 5 heteroatoms. The molecule has 0 bridgehead atoms. The van der Waals surface area contributed by atoms with Gasteiger partial charge in [0.05, 0.1) is 7.11 Å². The summed E-state index contributed by atoms with van der Waals surface area (Å²) in [4.78, 5) is 17.0. The molecule has 1 heterocycles. The summed E-state index contributed by atoms with van der Waals surface area (Å²) >= 11 is 0. The van der Waals surface area contributed by atoms with Crippen LogP contribution in [0, 0.1) is 6.92 Å². The summed E-state index contributed by atoms with van der Waals surface area (Å²) in [6.45, 7) is 7.53. The molecule has 0 radical (unpaired) electrons. The van der Waals surface area contributed by atoms with Gasteiger partial charge in [-0.1, -0.05) is 29.8 Å². The fraction of sp³-hybridized carbons (Fsp3) is 0.435. The Balaban J connectivity index is 1.52. The van der Waals surface area contributed by atoms with Gasteiger partial charge in [-0.15, -0.1) is 0 Å². The van der Waals surface area contributed by atoms with E-state index < -0.39 is 0 Å². The van der Waals surface area contributed by atoms with E-state index in [2.05, 4.69) is 47.5 Å². The lowest BCUT2D eigenvalue weighted by Crippen LogP contribution is -2.46. The van der Waals surface area contributed by atoms with Crippen LogP contribution in [0.5, 0.6) is 5.75 Å². The van der Waals surface area contributed by atoms with Crippen LogP contribution in [0.1, 0.15) is 24.5 Å². The average molecular weight is 382 g/mol. The second-order valence-electron chi connectivity index (χ2n) is 7.57. The van der Waals surface area contributed by atoms with Gasteiger partial charge in [0, 0.05) is 37.9 Å². The van der Waals surface area contributed by atoms with Gasteiger partial charge < -0.3 is 19.9 Å². The van der Waals surface area contributed by atoms with Crippen molar-refractivity contribution in [3.63, 3.8) is 0 Å². The molecule has 1 atom stereocenters.